The molecule has 0 aromatic carbocycles. The lowest BCUT2D eigenvalue weighted by Crippen LogP contribution is -2.49. The minimum atomic E-state index is -0.984. The van der Waals surface area contributed by atoms with Crippen LogP contribution in [0.4, 0.5) is 4.79 Å². The third-order valence-corrected chi connectivity index (χ3v) is 2.97. The predicted molar refractivity (Wildman–Crippen MR) is 70.2 cm³/mol. The number of carbonyl (C=O) groups is 3. The Hall–Kier alpha value is -1.83. The number of nitrogens with one attached hydrogen (secondary N) is 3. The van der Waals surface area contributed by atoms with Crippen LogP contribution in [0, 0.1) is 0 Å². The number of hydrogen-bond acceptors (Lipinski definition) is 4. The number of hydrogen-bond donors (Lipinski definition) is 4. The van der Waals surface area contributed by atoms with Crippen molar-refractivity contribution >= 4 is 17.9 Å². The summed E-state index contributed by atoms with van der Waals surface area (Å²) in [6, 6.07) is -1.11. The summed E-state index contributed by atoms with van der Waals surface area (Å²) in [7, 11) is 0. The largest absolute Gasteiger partial charge is 0.479 e. The number of carboxylic acids is 1. The number of urea groups is 1. The monoisotopic (exact) mass is 287 g/mol. The van der Waals surface area contributed by atoms with Gasteiger partial charge >= 0.3 is 12.0 Å². The van der Waals surface area contributed by atoms with Crippen LogP contribution in [0.3, 0.4) is 0 Å². The van der Waals surface area contributed by atoms with Gasteiger partial charge in [0.25, 0.3) is 0 Å². The summed E-state index contributed by atoms with van der Waals surface area (Å²) >= 11 is 0. The first-order valence-corrected chi connectivity index (χ1v) is 6.64. The molecule has 0 saturated carbocycles. The Morgan fingerprint density at radius 3 is 2.55 bits per heavy atom. The van der Waals surface area contributed by atoms with E-state index in [4.69, 9.17) is 9.84 Å². The van der Waals surface area contributed by atoms with Gasteiger partial charge in [-0.2, -0.15) is 0 Å². The van der Waals surface area contributed by atoms with Crippen molar-refractivity contribution in [3.63, 3.8) is 0 Å². The molecule has 1 rings (SSSR count). The second-order valence-corrected chi connectivity index (χ2v) is 4.63. The summed E-state index contributed by atoms with van der Waals surface area (Å²) in [5.41, 5.74) is 0. The molecule has 3 amide bonds. The second kappa shape index (κ2) is 7.68. The highest BCUT2D eigenvalue weighted by Gasteiger charge is 2.30. The van der Waals surface area contributed by atoms with E-state index < -0.39 is 24.1 Å². The van der Waals surface area contributed by atoms with Crippen LogP contribution < -0.4 is 16.0 Å². The van der Waals surface area contributed by atoms with Gasteiger partial charge in [-0.3, -0.25) is 4.79 Å². The van der Waals surface area contributed by atoms with Gasteiger partial charge in [-0.1, -0.05) is 0 Å². The zero-order valence-corrected chi connectivity index (χ0v) is 11.6. The lowest BCUT2D eigenvalue weighted by atomic mass is 10.2. The SMILES string of the molecule is CCNC(=O)C(C)NC(=O)NCC1CCC(C(=O)O)O1. The van der Waals surface area contributed by atoms with Crippen LogP contribution in [0.25, 0.3) is 0 Å². The van der Waals surface area contributed by atoms with Crippen LogP contribution >= 0.6 is 0 Å². The average Bonchev–Trinajstić information content (AvgIpc) is 2.85. The van der Waals surface area contributed by atoms with Gasteiger partial charge < -0.3 is 25.8 Å². The van der Waals surface area contributed by atoms with E-state index in [9.17, 15) is 14.4 Å². The minimum Gasteiger partial charge on any atom is -0.479 e. The molecule has 0 aromatic heterocycles. The quantitative estimate of drug-likeness (QED) is 0.522. The van der Waals surface area contributed by atoms with Gasteiger partial charge in [0.2, 0.25) is 5.91 Å². The molecule has 114 valence electrons. The van der Waals surface area contributed by atoms with E-state index in [0.29, 0.717) is 19.4 Å². The van der Waals surface area contributed by atoms with Gasteiger partial charge in [0.05, 0.1) is 6.10 Å². The smallest absolute Gasteiger partial charge is 0.332 e. The third-order valence-electron chi connectivity index (χ3n) is 2.97. The lowest BCUT2D eigenvalue weighted by Gasteiger charge is -2.16. The van der Waals surface area contributed by atoms with Gasteiger partial charge in [0.15, 0.2) is 6.10 Å². The molecule has 1 aliphatic heterocycles. The first kappa shape index (κ1) is 16.2. The Morgan fingerprint density at radius 1 is 1.30 bits per heavy atom. The van der Waals surface area contributed by atoms with E-state index in [0.717, 1.165) is 0 Å². The molecule has 1 saturated heterocycles. The Kier molecular flexibility index (Phi) is 6.23. The fraction of sp³-hybridized carbons (Fsp3) is 0.750. The molecule has 20 heavy (non-hydrogen) atoms. The average molecular weight is 287 g/mol. The number of aliphatic carboxylic acids is 1. The zero-order chi connectivity index (χ0) is 15.1. The van der Waals surface area contributed by atoms with Crippen molar-refractivity contribution in [1.82, 2.24) is 16.0 Å². The first-order valence-electron chi connectivity index (χ1n) is 6.64. The maximum atomic E-state index is 11.6. The van der Waals surface area contributed by atoms with Crippen molar-refractivity contribution in [1.29, 1.82) is 0 Å². The van der Waals surface area contributed by atoms with E-state index in [2.05, 4.69) is 16.0 Å². The predicted octanol–water partition coefficient (Wildman–Crippen LogP) is -0.558. The number of ether oxygens (including phenoxy) is 1. The van der Waals surface area contributed by atoms with E-state index >= 15 is 0 Å². The molecule has 4 N–H and O–H groups in total. The van der Waals surface area contributed by atoms with Crippen LogP contribution in [-0.4, -0.2) is 54.4 Å². The van der Waals surface area contributed by atoms with E-state index in [1.165, 1.54) is 0 Å². The summed E-state index contributed by atoms with van der Waals surface area (Å²) in [5, 5.41) is 16.4. The number of carboxylic acid groups (broad SMARTS) is 1. The van der Waals surface area contributed by atoms with Crippen LogP contribution in [-0.2, 0) is 14.3 Å². The van der Waals surface area contributed by atoms with Crippen LogP contribution in [0.1, 0.15) is 26.7 Å². The number of rotatable bonds is 6. The van der Waals surface area contributed by atoms with E-state index in [-0.39, 0.29) is 18.6 Å². The van der Waals surface area contributed by atoms with Crippen molar-refractivity contribution in [3.05, 3.63) is 0 Å². The van der Waals surface area contributed by atoms with Crippen molar-refractivity contribution in [3.8, 4) is 0 Å². The van der Waals surface area contributed by atoms with Crippen LogP contribution in [0.15, 0.2) is 0 Å². The molecule has 8 heteroatoms. The maximum absolute atomic E-state index is 11.6. The maximum Gasteiger partial charge on any atom is 0.332 e. The third kappa shape index (κ3) is 5.04. The standard InChI is InChI=1S/C12H21N3O5/c1-3-13-10(16)7(2)15-12(19)14-6-8-4-5-9(20-8)11(17)18/h7-9H,3-6H2,1-2H3,(H,13,16)(H,17,18)(H2,14,15,19). The highest BCUT2D eigenvalue weighted by atomic mass is 16.5. The minimum absolute atomic E-state index is 0.220. The molecule has 1 heterocycles. The van der Waals surface area contributed by atoms with Crippen molar-refractivity contribution < 1.29 is 24.2 Å². The van der Waals surface area contributed by atoms with E-state index in [1.54, 1.807) is 13.8 Å². The molecular formula is C12H21N3O5. The normalized spacial score (nSPS) is 22.9. The number of likely N-dealkylation sites (N-methyl/N-ethyl adjacent to an activating group) is 1. The van der Waals surface area contributed by atoms with Gasteiger partial charge in [-0.25, -0.2) is 9.59 Å². The van der Waals surface area contributed by atoms with Crippen molar-refractivity contribution in [2.45, 2.75) is 44.9 Å². The molecule has 0 radical (unpaired) electrons. The Balaban J connectivity index is 2.24. The highest BCUT2D eigenvalue weighted by Crippen LogP contribution is 2.19. The van der Waals surface area contributed by atoms with Gasteiger partial charge in [0.1, 0.15) is 6.04 Å². The van der Waals surface area contributed by atoms with Gasteiger partial charge in [0, 0.05) is 13.1 Å². The summed E-state index contributed by atoms with van der Waals surface area (Å²) in [6.45, 7) is 4.09. The Labute approximate surface area is 117 Å². The molecule has 3 atom stereocenters. The Morgan fingerprint density at radius 2 is 2.00 bits per heavy atom. The molecule has 1 aliphatic rings. The molecule has 0 spiro atoms. The fourth-order valence-corrected chi connectivity index (χ4v) is 1.88. The molecule has 3 unspecified atom stereocenters. The molecule has 0 aromatic rings. The summed E-state index contributed by atoms with van der Waals surface area (Å²) in [5.74, 6) is -1.24. The second-order valence-electron chi connectivity index (χ2n) is 4.63. The number of amides is 3. The fourth-order valence-electron chi connectivity index (χ4n) is 1.88. The van der Waals surface area contributed by atoms with Gasteiger partial charge in [-0.15, -0.1) is 0 Å². The molecular weight excluding hydrogens is 266 g/mol. The van der Waals surface area contributed by atoms with Gasteiger partial charge in [-0.05, 0) is 26.7 Å². The van der Waals surface area contributed by atoms with Crippen molar-refractivity contribution in [2.24, 2.45) is 0 Å². The molecule has 8 nitrogen and oxygen atoms in total. The summed E-state index contributed by atoms with van der Waals surface area (Å²) < 4.78 is 5.24. The zero-order valence-electron chi connectivity index (χ0n) is 11.6. The topological polar surface area (TPSA) is 117 Å². The van der Waals surface area contributed by atoms with Crippen LogP contribution in [0.5, 0.6) is 0 Å². The van der Waals surface area contributed by atoms with Crippen molar-refractivity contribution in [2.75, 3.05) is 13.1 Å². The summed E-state index contributed by atoms with van der Waals surface area (Å²) in [6.07, 6.45) is -0.0670. The van der Waals surface area contributed by atoms with Crippen LogP contribution in [0.2, 0.25) is 0 Å². The number of carbonyl (C=O) groups excluding carboxylic acids is 2. The highest BCUT2D eigenvalue weighted by molar-refractivity contribution is 5.86. The molecule has 1 fully saturated rings. The first-order chi connectivity index (χ1) is 9.43. The molecule has 0 aliphatic carbocycles. The lowest BCUT2D eigenvalue weighted by molar-refractivity contribution is -0.149. The molecule has 0 bridgehead atoms. The summed E-state index contributed by atoms with van der Waals surface area (Å²) in [4.78, 5) is 33.7. The van der Waals surface area contributed by atoms with E-state index in [1.807, 2.05) is 0 Å². The Bertz CT molecular complexity index is 374.